The molecule has 0 bridgehead atoms. The minimum absolute atomic E-state index is 0.308. The molecule has 0 aromatic heterocycles. The first-order valence-electron chi connectivity index (χ1n) is 6.49. The SMILES string of the molecule is COC(=O)/C=C/c1ccc(O)c(CN2CCCC2)c1. The van der Waals surface area contributed by atoms with E-state index in [0.717, 1.165) is 30.8 Å². The third-order valence-electron chi connectivity index (χ3n) is 3.31. The number of esters is 1. The Balaban J connectivity index is 2.09. The van der Waals surface area contributed by atoms with Crippen LogP contribution >= 0.6 is 0 Å². The highest BCUT2D eigenvalue weighted by Crippen LogP contribution is 2.22. The van der Waals surface area contributed by atoms with E-state index in [-0.39, 0.29) is 5.97 Å². The van der Waals surface area contributed by atoms with Crippen LogP contribution in [0, 0.1) is 0 Å². The monoisotopic (exact) mass is 261 g/mol. The Labute approximate surface area is 113 Å². The topological polar surface area (TPSA) is 49.8 Å². The summed E-state index contributed by atoms with van der Waals surface area (Å²) in [5.74, 6) is -0.0729. The van der Waals surface area contributed by atoms with Gasteiger partial charge in [-0.2, -0.15) is 0 Å². The number of hydrogen-bond donors (Lipinski definition) is 1. The van der Waals surface area contributed by atoms with Gasteiger partial charge in [0.05, 0.1) is 7.11 Å². The second kappa shape index (κ2) is 6.38. The molecule has 4 heteroatoms. The molecule has 1 aliphatic heterocycles. The Morgan fingerprint density at radius 1 is 1.42 bits per heavy atom. The number of rotatable bonds is 4. The summed E-state index contributed by atoms with van der Waals surface area (Å²) in [6.07, 6.45) is 5.52. The van der Waals surface area contributed by atoms with Crippen LogP contribution in [0.2, 0.25) is 0 Å². The lowest BCUT2D eigenvalue weighted by Gasteiger charge is -2.15. The maximum absolute atomic E-state index is 11.0. The first-order valence-corrected chi connectivity index (χ1v) is 6.49. The molecule has 0 aliphatic carbocycles. The molecule has 1 aromatic rings. The molecule has 4 nitrogen and oxygen atoms in total. The molecule has 0 amide bonds. The maximum Gasteiger partial charge on any atom is 0.330 e. The van der Waals surface area contributed by atoms with Crippen molar-refractivity contribution in [2.24, 2.45) is 0 Å². The molecule has 1 aliphatic rings. The minimum atomic E-state index is -0.380. The molecule has 102 valence electrons. The lowest BCUT2D eigenvalue weighted by molar-refractivity contribution is -0.134. The highest BCUT2D eigenvalue weighted by atomic mass is 16.5. The van der Waals surface area contributed by atoms with E-state index in [0.29, 0.717) is 5.75 Å². The Morgan fingerprint density at radius 2 is 2.16 bits per heavy atom. The largest absolute Gasteiger partial charge is 0.508 e. The van der Waals surface area contributed by atoms with Crippen molar-refractivity contribution in [3.05, 3.63) is 35.4 Å². The highest BCUT2D eigenvalue weighted by molar-refractivity contribution is 5.86. The molecule has 1 fully saturated rings. The van der Waals surface area contributed by atoms with Crippen molar-refractivity contribution < 1.29 is 14.6 Å². The molecule has 19 heavy (non-hydrogen) atoms. The molecule has 1 heterocycles. The van der Waals surface area contributed by atoms with E-state index < -0.39 is 0 Å². The highest BCUT2D eigenvalue weighted by Gasteiger charge is 2.13. The number of phenolic OH excluding ortho intramolecular Hbond substituents is 1. The van der Waals surface area contributed by atoms with Gasteiger partial charge in [-0.1, -0.05) is 6.07 Å². The molecular weight excluding hydrogens is 242 g/mol. The average Bonchev–Trinajstić information content (AvgIpc) is 2.92. The zero-order valence-corrected chi connectivity index (χ0v) is 11.1. The van der Waals surface area contributed by atoms with Crippen LogP contribution in [0.5, 0.6) is 5.75 Å². The Morgan fingerprint density at radius 3 is 2.84 bits per heavy atom. The molecule has 1 saturated heterocycles. The van der Waals surface area contributed by atoms with Crippen molar-refractivity contribution in [1.29, 1.82) is 0 Å². The molecule has 2 rings (SSSR count). The minimum Gasteiger partial charge on any atom is -0.508 e. The van der Waals surface area contributed by atoms with Crippen molar-refractivity contribution in [3.8, 4) is 5.75 Å². The third-order valence-corrected chi connectivity index (χ3v) is 3.31. The number of nitrogens with zero attached hydrogens (tertiary/aromatic N) is 1. The smallest absolute Gasteiger partial charge is 0.330 e. The van der Waals surface area contributed by atoms with E-state index in [1.165, 1.54) is 26.0 Å². The van der Waals surface area contributed by atoms with Gasteiger partial charge in [0.25, 0.3) is 0 Å². The van der Waals surface area contributed by atoms with Crippen molar-refractivity contribution in [2.75, 3.05) is 20.2 Å². The van der Waals surface area contributed by atoms with Crippen molar-refractivity contribution >= 4 is 12.0 Å². The van der Waals surface area contributed by atoms with Crippen LogP contribution in [0.4, 0.5) is 0 Å². The fraction of sp³-hybridized carbons (Fsp3) is 0.400. The van der Waals surface area contributed by atoms with Gasteiger partial charge >= 0.3 is 5.97 Å². The Kier molecular flexibility index (Phi) is 4.58. The number of likely N-dealkylation sites (tertiary alicyclic amines) is 1. The predicted molar refractivity (Wildman–Crippen MR) is 73.7 cm³/mol. The first-order chi connectivity index (χ1) is 9.19. The van der Waals surface area contributed by atoms with Crippen LogP contribution in [0.15, 0.2) is 24.3 Å². The zero-order valence-electron chi connectivity index (χ0n) is 11.1. The molecule has 0 spiro atoms. The second-order valence-corrected chi connectivity index (χ2v) is 4.73. The number of ether oxygens (including phenoxy) is 1. The molecule has 0 unspecified atom stereocenters. The van der Waals surface area contributed by atoms with E-state index in [9.17, 15) is 9.90 Å². The van der Waals surface area contributed by atoms with Gasteiger partial charge in [0, 0.05) is 18.2 Å². The molecule has 0 atom stereocenters. The van der Waals surface area contributed by atoms with E-state index in [1.807, 2.05) is 6.07 Å². The van der Waals surface area contributed by atoms with Gasteiger partial charge in [0.15, 0.2) is 0 Å². The van der Waals surface area contributed by atoms with Gasteiger partial charge in [0.2, 0.25) is 0 Å². The summed E-state index contributed by atoms with van der Waals surface area (Å²) in [7, 11) is 1.35. The Hall–Kier alpha value is -1.81. The van der Waals surface area contributed by atoms with Crippen LogP contribution in [-0.2, 0) is 16.1 Å². The van der Waals surface area contributed by atoms with Crippen molar-refractivity contribution in [3.63, 3.8) is 0 Å². The molecular formula is C15H19NO3. The normalized spacial score (nSPS) is 16.1. The van der Waals surface area contributed by atoms with E-state index >= 15 is 0 Å². The summed E-state index contributed by atoms with van der Waals surface area (Å²) in [6.45, 7) is 2.93. The maximum atomic E-state index is 11.0. The summed E-state index contributed by atoms with van der Waals surface area (Å²) < 4.78 is 4.55. The first kappa shape index (κ1) is 13.6. The van der Waals surface area contributed by atoms with Gasteiger partial charge in [-0.05, 0) is 49.7 Å². The number of aromatic hydroxyl groups is 1. The van der Waals surface area contributed by atoms with Gasteiger partial charge in [-0.25, -0.2) is 4.79 Å². The summed E-state index contributed by atoms with van der Waals surface area (Å²) in [4.78, 5) is 13.4. The zero-order chi connectivity index (χ0) is 13.7. The standard InChI is InChI=1S/C15H19NO3/c1-19-15(18)7-5-12-4-6-14(17)13(10-12)11-16-8-2-3-9-16/h4-7,10,17H,2-3,8-9,11H2,1H3/b7-5+. The number of methoxy groups -OCH3 is 1. The van der Waals surface area contributed by atoms with Crippen LogP contribution in [0.25, 0.3) is 6.08 Å². The fourth-order valence-electron chi connectivity index (χ4n) is 2.25. The fourth-order valence-corrected chi connectivity index (χ4v) is 2.25. The summed E-state index contributed by atoms with van der Waals surface area (Å²) in [5, 5.41) is 9.88. The van der Waals surface area contributed by atoms with Crippen LogP contribution in [0.1, 0.15) is 24.0 Å². The lowest BCUT2D eigenvalue weighted by Crippen LogP contribution is -2.18. The number of phenols is 1. The van der Waals surface area contributed by atoms with Crippen LogP contribution in [-0.4, -0.2) is 36.2 Å². The third kappa shape index (κ3) is 3.83. The number of hydrogen-bond acceptors (Lipinski definition) is 4. The van der Waals surface area contributed by atoms with E-state index in [1.54, 1.807) is 18.2 Å². The molecule has 0 saturated carbocycles. The number of benzene rings is 1. The van der Waals surface area contributed by atoms with Gasteiger partial charge in [-0.3, -0.25) is 4.90 Å². The second-order valence-electron chi connectivity index (χ2n) is 4.73. The van der Waals surface area contributed by atoms with Crippen LogP contribution < -0.4 is 0 Å². The van der Waals surface area contributed by atoms with Crippen molar-refractivity contribution in [2.45, 2.75) is 19.4 Å². The van der Waals surface area contributed by atoms with Crippen molar-refractivity contribution in [1.82, 2.24) is 4.90 Å². The van der Waals surface area contributed by atoms with Gasteiger partial charge < -0.3 is 9.84 Å². The summed E-state index contributed by atoms with van der Waals surface area (Å²) >= 11 is 0. The van der Waals surface area contributed by atoms with E-state index in [4.69, 9.17) is 0 Å². The Bertz CT molecular complexity index is 476. The quantitative estimate of drug-likeness (QED) is 0.666. The lowest BCUT2D eigenvalue weighted by atomic mass is 10.1. The summed E-state index contributed by atoms with van der Waals surface area (Å²) in [5.41, 5.74) is 1.78. The summed E-state index contributed by atoms with van der Waals surface area (Å²) in [6, 6.07) is 5.36. The molecule has 1 aromatic carbocycles. The predicted octanol–water partition coefficient (Wildman–Crippen LogP) is 2.17. The van der Waals surface area contributed by atoms with Gasteiger partial charge in [0.1, 0.15) is 5.75 Å². The van der Waals surface area contributed by atoms with E-state index in [2.05, 4.69) is 9.64 Å². The molecule has 0 radical (unpaired) electrons. The van der Waals surface area contributed by atoms with Gasteiger partial charge in [-0.15, -0.1) is 0 Å². The average molecular weight is 261 g/mol. The molecule has 1 N–H and O–H groups in total. The number of carbonyl (C=O) groups excluding carboxylic acids is 1. The van der Waals surface area contributed by atoms with Crippen LogP contribution in [0.3, 0.4) is 0 Å². The number of carbonyl (C=O) groups is 1.